The van der Waals surface area contributed by atoms with Crippen molar-refractivity contribution in [3.63, 3.8) is 0 Å². The Morgan fingerprint density at radius 1 is 1.33 bits per heavy atom. The monoisotopic (exact) mass is 290 g/mol. The number of amides is 1. The summed E-state index contributed by atoms with van der Waals surface area (Å²) in [5.41, 5.74) is 5.64. The lowest BCUT2D eigenvalue weighted by molar-refractivity contribution is -0.120. The lowest BCUT2D eigenvalue weighted by Crippen LogP contribution is -2.26. The zero-order valence-corrected chi connectivity index (χ0v) is 11.8. The van der Waals surface area contributed by atoms with Gasteiger partial charge >= 0.3 is 0 Å². The van der Waals surface area contributed by atoms with Crippen molar-refractivity contribution >= 4 is 17.8 Å². The Kier molecular flexibility index (Phi) is 5.02. The van der Waals surface area contributed by atoms with Crippen LogP contribution in [0.5, 0.6) is 0 Å². The highest BCUT2D eigenvalue weighted by Crippen LogP contribution is 2.06. The predicted molar refractivity (Wildman–Crippen MR) is 77.8 cm³/mol. The Morgan fingerprint density at radius 3 is 2.90 bits per heavy atom. The van der Waals surface area contributed by atoms with Gasteiger partial charge in [0.15, 0.2) is 0 Å². The molecule has 1 amide bonds. The van der Waals surface area contributed by atoms with Crippen LogP contribution in [0.15, 0.2) is 18.5 Å². The van der Waals surface area contributed by atoms with Crippen molar-refractivity contribution < 1.29 is 4.79 Å². The van der Waals surface area contributed by atoms with Gasteiger partial charge in [-0.3, -0.25) is 4.79 Å². The molecule has 0 aromatic carbocycles. The second-order valence-electron chi connectivity index (χ2n) is 4.29. The summed E-state index contributed by atoms with van der Waals surface area (Å²) in [6.45, 7) is 3.10. The molecule has 0 spiro atoms. The molecule has 0 atom stereocenters. The maximum Gasteiger partial charge on any atom is 0.257 e. The van der Waals surface area contributed by atoms with Gasteiger partial charge in [0.25, 0.3) is 5.95 Å². The molecule has 2 rings (SSSR count). The Bertz CT molecular complexity index is 583. The number of rotatable bonds is 7. The highest BCUT2D eigenvalue weighted by molar-refractivity contribution is 5.76. The van der Waals surface area contributed by atoms with Crippen LogP contribution in [0.4, 0.5) is 11.9 Å². The maximum atomic E-state index is 11.5. The molecule has 2 aromatic rings. The minimum atomic E-state index is -0.0151. The van der Waals surface area contributed by atoms with Crippen LogP contribution in [0.1, 0.15) is 19.8 Å². The highest BCUT2D eigenvalue weighted by Gasteiger charge is 2.07. The molecule has 4 N–H and O–H groups in total. The van der Waals surface area contributed by atoms with Crippen LogP contribution in [0.2, 0.25) is 0 Å². The summed E-state index contributed by atoms with van der Waals surface area (Å²) in [6, 6.07) is 1.76. The molecule has 0 saturated carbocycles. The molecule has 21 heavy (non-hydrogen) atoms. The Balaban J connectivity index is 1.93. The lowest BCUT2D eigenvalue weighted by atomic mass is 10.4. The molecule has 0 aliphatic carbocycles. The summed E-state index contributed by atoms with van der Waals surface area (Å²) in [7, 11) is 0. The van der Waals surface area contributed by atoms with E-state index in [2.05, 4.69) is 30.7 Å². The molecule has 0 bridgehead atoms. The van der Waals surface area contributed by atoms with Crippen LogP contribution in [-0.4, -0.2) is 43.7 Å². The second-order valence-corrected chi connectivity index (χ2v) is 4.29. The van der Waals surface area contributed by atoms with E-state index < -0.39 is 0 Å². The summed E-state index contributed by atoms with van der Waals surface area (Å²) in [4.78, 5) is 23.6. The first-order valence-corrected chi connectivity index (χ1v) is 6.71. The average Bonchev–Trinajstić information content (AvgIpc) is 2.99. The van der Waals surface area contributed by atoms with E-state index in [1.807, 2.05) is 6.92 Å². The quantitative estimate of drug-likeness (QED) is 0.654. The van der Waals surface area contributed by atoms with Gasteiger partial charge in [-0.15, -0.1) is 0 Å². The molecule has 9 heteroatoms. The fraction of sp³-hybridized carbons (Fsp3) is 0.417. The van der Waals surface area contributed by atoms with Crippen LogP contribution < -0.4 is 16.4 Å². The van der Waals surface area contributed by atoms with Crippen molar-refractivity contribution in [3.8, 4) is 5.95 Å². The first-order valence-electron chi connectivity index (χ1n) is 6.71. The highest BCUT2D eigenvalue weighted by atomic mass is 16.1. The minimum Gasteiger partial charge on any atom is -0.368 e. The number of carbonyl (C=O) groups is 1. The number of aromatic nitrogens is 5. The van der Waals surface area contributed by atoms with Crippen LogP contribution in [-0.2, 0) is 4.79 Å². The zero-order chi connectivity index (χ0) is 15.1. The van der Waals surface area contributed by atoms with E-state index in [0.717, 1.165) is 6.42 Å². The molecule has 112 valence electrons. The Morgan fingerprint density at radius 2 is 2.19 bits per heavy atom. The number of hydrogen-bond donors (Lipinski definition) is 3. The number of carbonyl (C=O) groups excluding carboxylic acids is 1. The van der Waals surface area contributed by atoms with Gasteiger partial charge < -0.3 is 16.4 Å². The fourth-order valence-electron chi connectivity index (χ4n) is 1.59. The maximum absolute atomic E-state index is 11.5. The molecule has 0 aliphatic heterocycles. The van der Waals surface area contributed by atoms with Gasteiger partial charge in [-0.2, -0.15) is 20.1 Å². The number of nitrogens with two attached hydrogens (primary N) is 1. The first kappa shape index (κ1) is 14.7. The molecular weight excluding hydrogens is 272 g/mol. The van der Waals surface area contributed by atoms with Crippen molar-refractivity contribution in [2.45, 2.75) is 19.8 Å². The fourth-order valence-corrected chi connectivity index (χ4v) is 1.59. The van der Waals surface area contributed by atoms with Gasteiger partial charge in [-0.05, 0) is 12.5 Å². The first-order chi connectivity index (χ1) is 10.2. The minimum absolute atomic E-state index is 0.0151. The molecule has 0 fully saturated rings. The molecule has 9 nitrogen and oxygen atoms in total. The van der Waals surface area contributed by atoms with Crippen LogP contribution in [0.25, 0.3) is 5.95 Å². The van der Waals surface area contributed by atoms with E-state index in [-0.39, 0.29) is 11.9 Å². The van der Waals surface area contributed by atoms with E-state index in [1.165, 1.54) is 4.68 Å². The van der Waals surface area contributed by atoms with Gasteiger partial charge in [-0.1, -0.05) is 6.92 Å². The Labute approximate surface area is 122 Å². The third-order valence-corrected chi connectivity index (χ3v) is 2.56. The van der Waals surface area contributed by atoms with Crippen LogP contribution >= 0.6 is 0 Å². The van der Waals surface area contributed by atoms with Gasteiger partial charge in [0.05, 0.1) is 0 Å². The van der Waals surface area contributed by atoms with Crippen molar-refractivity contribution in [2.24, 2.45) is 0 Å². The SMILES string of the molecule is CCCNC(=O)CCNc1nc(N)nc(-n2cccn2)n1. The van der Waals surface area contributed by atoms with E-state index in [1.54, 1.807) is 18.5 Å². The van der Waals surface area contributed by atoms with Gasteiger partial charge in [-0.25, -0.2) is 4.68 Å². The van der Waals surface area contributed by atoms with Crippen LogP contribution in [0.3, 0.4) is 0 Å². The average molecular weight is 290 g/mol. The van der Waals surface area contributed by atoms with E-state index in [4.69, 9.17) is 5.73 Å². The number of nitrogen functional groups attached to an aromatic ring is 1. The van der Waals surface area contributed by atoms with Crippen molar-refractivity contribution in [1.29, 1.82) is 0 Å². The van der Waals surface area contributed by atoms with Crippen molar-refractivity contribution in [1.82, 2.24) is 30.0 Å². The third kappa shape index (κ3) is 4.41. The smallest absolute Gasteiger partial charge is 0.257 e. The summed E-state index contributed by atoms with van der Waals surface area (Å²) in [5, 5.41) is 9.77. The summed E-state index contributed by atoms with van der Waals surface area (Å²) in [5.74, 6) is 0.717. The zero-order valence-electron chi connectivity index (χ0n) is 11.8. The number of hydrogen-bond acceptors (Lipinski definition) is 7. The standard InChI is InChI=1S/C12H18N8O/c1-2-5-14-9(21)4-7-15-11-17-10(13)18-12(19-11)20-8-3-6-16-20/h3,6,8H,2,4-5,7H2,1H3,(H,14,21)(H3,13,15,17,18,19). The topological polar surface area (TPSA) is 124 Å². The summed E-state index contributed by atoms with van der Waals surface area (Å²) in [6.07, 6.45) is 4.57. The molecule has 2 aromatic heterocycles. The normalized spacial score (nSPS) is 10.3. The number of nitrogens with one attached hydrogen (secondary N) is 2. The Hall–Kier alpha value is -2.71. The molecular formula is C12H18N8O. The molecule has 0 radical (unpaired) electrons. The van der Waals surface area contributed by atoms with E-state index in [0.29, 0.717) is 31.4 Å². The second kappa shape index (κ2) is 7.17. The summed E-state index contributed by atoms with van der Waals surface area (Å²) < 4.78 is 1.48. The lowest BCUT2D eigenvalue weighted by Gasteiger charge is -2.07. The van der Waals surface area contributed by atoms with Gasteiger partial charge in [0.2, 0.25) is 17.8 Å². The molecule has 0 unspecified atom stereocenters. The molecule has 0 saturated heterocycles. The van der Waals surface area contributed by atoms with Crippen LogP contribution in [0, 0.1) is 0 Å². The van der Waals surface area contributed by atoms with Crippen molar-refractivity contribution in [2.75, 3.05) is 24.1 Å². The predicted octanol–water partition coefficient (Wildman–Crippen LogP) is -0.0323. The third-order valence-electron chi connectivity index (χ3n) is 2.56. The van der Waals surface area contributed by atoms with Gasteiger partial charge in [0, 0.05) is 31.9 Å². The van der Waals surface area contributed by atoms with Gasteiger partial charge in [0.1, 0.15) is 0 Å². The largest absolute Gasteiger partial charge is 0.368 e. The van der Waals surface area contributed by atoms with E-state index in [9.17, 15) is 4.79 Å². The van der Waals surface area contributed by atoms with E-state index >= 15 is 0 Å². The molecule has 2 heterocycles. The van der Waals surface area contributed by atoms with Crippen molar-refractivity contribution in [3.05, 3.63) is 18.5 Å². The summed E-state index contributed by atoms with van der Waals surface area (Å²) >= 11 is 0. The molecule has 0 aliphatic rings. The number of anilines is 2. The number of nitrogens with zero attached hydrogens (tertiary/aromatic N) is 5.